The summed E-state index contributed by atoms with van der Waals surface area (Å²) in [4.78, 5) is 21.3. The lowest BCUT2D eigenvalue weighted by molar-refractivity contribution is -0.147. The first kappa shape index (κ1) is 21.9. The van der Waals surface area contributed by atoms with Gasteiger partial charge in [-0.2, -0.15) is 0 Å². The monoisotopic (exact) mass is 328 g/mol. The summed E-state index contributed by atoms with van der Waals surface area (Å²) in [6.45, 7) is 3.61. The summed E-state index contributed by atoms with van der Waals surface area (Å²) in [5.41, 5.74) is -0.579. The number of carboxylic acid groups (broad SMARTS) is 2. The van der Waals surface area contributed by atoms with E-state index in [4.69, 9.17) is 10.2 Å². The lowest BCUT2D eigenvalue weighted by Gasteiger charge is -2.18. The van der Waals surface area contributed by atoms with Gasteiger partial charge in [0.05, 0.1) is 5.41 Å². The molecule has 0 aromatic carbocycles. The molecule has 0 bridgehead atoms. The lowest BCUT2D eigenvalue weighted by Crippen LogP contribution is -2.23. The van der Waals surface area contributed by atoms with Crippen molar-refractivity contribution in [1.82, 2.24) is 0 Å². The van der Waals surface area contributed by atoms with Gasteiger partial charge < -0.3 is 10.2 Å². The molecule has 0 saturated heterocycles. The van der Waals surface area contributed by atoms with E-state index in [0.29, 0.717) is 6.42 Å². The second-order valence-electron chi connectivity index (χ2n) is 7.33. The third-order valence-electron chi connectivity index (χ3n) is 4.52. The Labute approximate surface area is 141 Å². The van der Waals surface area contributed by atoms with Crippen LogP contribution in [-0.4, -0.2) is 22.2 Å². The number of unbranched alkanes of at least 4 members (excludes halogenated alkanes) is 11. The highest BCUT2D eigenvalue weighted by Gasteiger charge is 2.25. The van der Waals surface area contributed by atoms with Crippen molar-refractivity contribution in [2.45, 2.75) is 104 Å². The first-order chi connectivity index (χ1) is 10.9. The summed E-state index contributed by atoms with van der Waals surface area (Å²) < 4.78 is 0. The third-order valence-corrected chi connectivity index (χ3v) is 4.52. The van der Waals surface area contributed by atoms with Gasteiger partial charge in [0.15, 0.2) is 0 Å². The van der Waals surface area contributed by atoms with Gasteiger partial charge in [0.2, 0.25) is 0 Å². The van der Waals surface area contributed by atoms with Crippen LogP contribution in [-0.2, 0) is 9.59 Å². The van der Waals surface area contributed by atoms with E-state index in [-0.39, 0.29) is 0 Å². The molecule has 0 aromatic heterocycles. The molecule has 0 saturated carbocycles. The molecule has 4 heteroatoms. The Bertz CT molecular complexity index is 323. The van der Waals surface area contributed by atoms with E-state index in [1.165, 1.54) is 44.9 Å². The molecular weight excluding hydrogens is 292 g/mol. The summed E-state index contributed by atoms with van der Waals surface area (Å²) in [5.74, 6) is -1.38. The van der Waals surface area contributed by atoms with E-state index >= 15 is 0 Å². The van der Waals surface area contributed by atoms with Crippen LogP contribution in [0.1, 0.15) is 104 Å². The Morgan fingerprint density at radius 2 is 1.00 bits per heavy atom. The molecule has 0 heterocycles. The molecule has 136 valence electrons. The molecule has 0 spiro atoms. The van der Waals surface area contributed by atoms with Gasteiger partial charge in [-0.1, -0.05) is 70.6 Å². The third kappa shape index (κ3) is 14.3. The Hall–Kier alpha value is -1.06. The van der Waals surface area contributed by atoms with Gasteiger partial charge in [0.1, 0.15) is 0 Å². The van der Waals surface area contributed by atoms with Crippen LogP contribution >= 0.6 is 0 Å². The molecule has 0 aliphatic rings. The van der Waals surface area contributed by atoms with Crippen LogP contribution in [0.4, 0.5) is 0 Å². The smallest absolute Gasteiger partial charge is 0.309 e. The van der Waals surface area contributed by atoms with Crippen molar-refractivity contribution in [1.29, 1.82) is 0 Å². The molecule has 2 N–H and O–H groups in total. The van der Waals surface area contributed by atoms with Crippen molar-refractivity contribution in [3.63, 3.8) is 0 Å². The number of hydrogen-bond donors (Lipinski definition) is 2. The average Bonchev–Trinajstić information content (AvgIpc) is 2.47. The van der Waals surface area contributed by atoms with Crippen molar-refractivity contribution in [3.8, 4) is 0 Å². The van der Waals surface area contributed by atoms with E-state index in [0.717, 1.165) is 38.5 Å². The zero-order valence-corrected chi connectivity index (χ0v) is 15.1. The van der Waals surface area contributed by atoms with E-state index in [2.05, 4.69) is 0 Å². The van der Waals surface area contributed by atoms with Gasteiger partial charge in [-0.25, -0.2) is 0 Å². The van der Waals surface area contributed by atoms with Crippen molar-refractivity contribution in [3.05, 3.63) is 0 Å². The van der Waals surface area contributed by atoms with Crippen LogP contribution in [0.2, 0.25) is 0 Å². The quantitative estimate of drug-likeness (QED) is 0.359. The van der Waals surface area contributed by atoms with Gasteiger partial charge in [-0.15, -0.1) is 0 Å². The van der Waals surface area contributed by atoms with Gasteiger partial charge in [0.25, 0.3) is 0 Å². The van der Waals surface area contributed by atoms with E-state index in [1.54, 1.807) is 13.8 Å². The zero-order valence-electron chi connectivity index (χ0n) is 15.1. The Morgan fingerprint density at radius 1 is 0.652 bits per heavy atom. The van der Waals surface area contributed by atoms with Crippen LogP contribution in [0.25, 0.3) is 0 Å². The van der Waals surface area contributed by atoms with Gasteiger partial charge in [-0.05, 0) is 26.7 Å². The van der Waals surface area contributed by atoms with Gasteiger partial charge in [-0.3, -0.25) is 9.59 Å². The summed E-state index contributed by atoms with van der Waals surface area (Å²) in [6.07, 6.45) is 15.0. The van der Waals surface area contributed by atoms with Gasteiger partial charge in [0, 0.05) is 6.42 Å². The average molecular weight is 328 g/mol. The summed E-state index contributed by atoms with van der Waals surface area (Å²) >= 11 is 0. The molecule has 0 aromatic rings. The second kappa shape index (κ2) is 13.4. The summed E-state index contributed by atoms with van der Waals surface area (Å²) in [6, 6.07) is 0. The standard InChI is InChI=1S/C19H36O4/c1-19(2,18(22)23)16-14-12-10-8-6-4-3-5-7-9-11-13-15-17(20)21/h3-16H2,1-2H3,(H,20,21)(H,22,23). The second-order valence-corrected chi connectivity index (χ2v) is 7.33. The van der Waals surface area contributed by atoms with Crippen LogP contribution in [0, 0.1) is 5.41 Å². The fraction of sp³-hybridized carbons (Fsp3) is 0.895. The fourth-order valence-electron chi connectivity index (χ4n) is 2.72. The first-order valence-electron chi connectivity index (χ1n) is 9.31. The van der Waals surface area contributed by atoms with E-state index < -0.39 is 17.4 Å². The molecule has 0 amide bonds. The maximum absolute atomic E-state index is 11.0. The molecule has 23 heavy (non-hydrogen) atoms. The Kier molecular flexibility index (Phi) is 12.8. The van der Waals surface area contributed by atoms with Crippen molar-refractivity contribution in [2.24, 2.45) is 5.41 Å². The highest BCUT2D eigenvalue weighted by atomic mass is 16.4. The topological polar surface area (TPSA) is 74.6 Å². The maximum Gasteiger partial charge on any atom is 0.309 e. The normalized spacial score (nSPS) is 11.6. The van der Waals surface area contributed by atoms with Crippen LogP contribution in [0.3, 0.4) is 0 Å². The molecule has 0 aliphatic heterocycles. The van der Waals surface area contributed by atoms with Crippen LogP contribution in [0.5, 0.6) is 0 Å². The molecule has 0 rings (SSSR count). The Morgan fingerprint density at radius 3 is 1.35 bits per heavy atom. The SMILES string of the molecule is CC(C)(CCCCCCCCCCCCCCC(=O)O)C(=O)O. The molecule has 0 radical (unpaired) electrons. The fourth-order valence-corrected chi connectivity index (χ4v) is 2.72. The molecular formula is C19H36O4. The molecule has 0 fully saturated rings. The number of aliphatic carboxylic acids is 2. The van der Waals surface area contributed by atoms with Crippen molar-refractivity contribution < 1.29 is 19.8 Å². The van der Waals surface area contributed by atoms with E-state index in [9.17, 15) is 9.59 Å². The molecule has 4 nitrogen and oxygen atoms in total. The molecule has 0 atom stereocenters. The molecule has 0 aliphatic carbocycles. The minimum absolute atomic E-state index is 0.309. The highest BCUT2D eigenvalue weighted by Crippen LogP contribution is 2.24. The van der Waals surface area contributed by atoms with Crippen molar-refractivity contribution in [2.75, 3.05) is 0 Å². The lowest BCUT2D eigenvalue weighted by atomic mass is 9.87. The number of carbonyl (C=O) groups is 2. The van der Waals surface area contributed by atoms with Crippen LogP contribution < -0.4 is 0 Å². The number of rotatable bonds is 16. The predicted molar refractivity (Wildman–Crippen MR) is 93.7 cm³/mol. The minimum Gasteiger partial charge on any atom is -0.481 e. The van der Waals surface area contributed by atoms with Gasteiger partial charge >= 0.3 is 11.9 Å². The minimum atomic E-state index is -0.694. The summed E-state index contributed by atoms with van der Waals surface area (Å²) in [7, 11) is 0. The van der Waals surface area contributed by atoms with Crippen molar-refractivity contribution >= 4 is 11.9 Å². The maximum atomic E-state index is 11.0. The summed E-state index contributed by atoms with van der Waals surface area (Å²) in [5, 5.41) is 17.6. The zero-order chi connectivity index (χ0) is 17.6. The highest BCUT2D eigenvalue weighted by molar-refractivity contribution is 5.73. The number of hydrogen-bond acceptors (Lipinski definition) is 2. The largest absolute Gasteiger partial charge is 0.481 e. The molecule has 0 unspecified atom stereocenters. The number of carboxylic acids is 2. The van der Waals surface area contributed by atoms with Crippen LogP contribution in [0.15, 0.2) is 0 Å². The first-order valence-corrected chi connectivity index (χ1v) is 9.31. The predicted octanol–water partition coefficient (Wildman–Crippen LogP) is 5.64. The Balaban J connectivity index is 3.19. The van der Waals surface area contributed by atoms with E-state index in [1.807, 2.05) is 0 Å².